The minimum atomic E-state index is -4.23. The SMILES string of the molecule is CN1CCC(Nc2cccn3c(CC(F)(F)F)cnc23)CC1. The molecular formula is C15H19F3N4. The number of nitrogens with one attached hydrogen (secondary N) is 1. The highest BCUT2D eigenvalue weighted by Crippen LogP contribution is 2.25. The van der Waals surface area contributed by atoms with Crippen LogP contribution in [-0.4, -0.2) is 46.6 Å². The van der Waals surface area contributed by atoms with Crippen molar-refractivity contribution in [1.82, 2.24) is 14.3 Å². The van der Waals surface area contributed by atoms with Gasteiger partial charge in [-0.05, 0) is 45.1 Å². The fraction of sp³-hybridized carbons (Fsp3) is 0.533. The van der Waals surface area contributed by atoms with Gasteiger partial charge in [0.15, 0.2) is 5.65 Å². The predicted molar refractivity (Wildman–Crippen MR) is 79.1 cm³/mol. The number of fused-ring (bicyclic) bond motifs is 1. The van der Waals surface area contributed by atoms with Gasteiger partial charge < -0.3 is 14.6 Å². The number of halogens is 3. The van der Waals surface area contributed by atoms with Gasteiger partial charge in [0.25, 0.3) is 0 Å². The molecule has 0 spiro atoms. The van der Waals surface area contributed by atoms with Crippen LogP contribution in [0.3, 0.4) is 0 Å². The van der Waals surface area contributed by atoms with E-state index in [1.54, 1.807) is 12.3 Å². The summed E-state index contributed by atoms with van der Waals surface area (Å²) in [6, 6.07) is 3.97. The van der Waals surface area contributed by atoms with Crippen LogP contribution in [0, 0.1) is 0 Å². The summed E-state index contributed by atoms with van der Waals surface area (Å²) in [4.78, 5) is 6.45. The first kappa shape index (κ1) is 15.1. The van der Waals surface area contributed by atoms with E-state index in [1.165, 1.54) is 10.6 Å². The Balaban J connectivity index is 1.82. The van der Waals surface area contributed by atoms with E-state index in [9.17, 15) is 13.2 Å². The molecule has 0 unspecified atom stereocenters. The van der Waals surface area contributed by atoms with E-state index in [4.69, 9.17) is 0 Å². The van der Waals surface area contributed by atoms with Crippen LogP contribution in [0.15, 0.2) is 24.5 Å². The Morgan fingerprint density at radius 2 is 2.05 bits per heavy atom. The Morgan fingerprint density at radius 1 is 1.32 bits per heavy atom. The number of aromatic nitrogens is 2. The fourth-order valence-corrected chi connectivity index (χ4v) is 2.88. The van der Waals surface area contributed by atoms with Gasteiger partial charge in [0.2, 0.25) is 0 Å². The van der Waals surface area contributed by atoms with E-state index in [2.05, 4.69) is 22.2 Å². The summed E-state index contributed by atoms with van der Waals surface area (Å²) in [5.41, 5.74) is 1.51. The number of hydrogen-bond donors (Lipinski definition) is 1. The molecular weight excluding hydrogens is 293 g/mol. The zero-order chi connectivity index (χ0) is 15.7. The zero-order valence-electron chi connectivity index (χ0n) is 12.4. The molecule has 0 atom stereocenters. The second kappa shape index (κ2) is 5.79. The van der Waals surface area contributed by atoms with E-state index in [0.29, 0.717) is 11.7 Å². The number of piperidine rings is 1. The molecule has 2 aromatic rings. The van der Waals surface area contributed by atoms with Crippen LogP contribution >= 0.6 is 0 Å². The molecule has 0 bridgehead atoms. The molecule has 1 saturated heterocycles. The molecule has 0 aromatic carbocycles. The van der Waals surface area contributed by atoms with Gasteiger partial charge in [-0.3, -0.25) is 0 Å². The summed E-state index contributed by atoms with van der Waals surface area (Å²) < 4.78 is 39.3. The van der Waals surface area contributed by atoms with Crippen molar-refractivity contribution in [1.29, 1.82) is 0 Å². The molecule has 0 aliphatic carbocycles. The number of likely N-dealkylation sites (tertiary alicyclic amines) is 1. The largest absolute Gasteiger partial charge is 0.394 e. The molecule has 7 heteroatoms. The number of rotatable bonds is 3. The topological polar surface area (TPSA) is 32.6 Å². The molecule has 120 valence electrons. The highest BCUT2D eigenvalue weighted by molar-refractivity contribution is 5.68. The fourth-order valence-electron chi connectivity index (χ4n) is 2.88. The molecule has 2 aromatic heterocycles. The summed E-state index contributed by atoms with van der Waals surface area (Å²) in [5, 5.41) is 3.43. The van der Waals surface area contributed by atoms with Crippen LogP contribution in [0.2, 0.25) is 0 Å². The van der Waals surface area contributed by atoms with E-state index < -0.39 is 12.6 Å². The van der Waals surface area contributed by atoms with E-state index in [1.807, 2.05) is 6.07 Å². The van der Waals surface area contributed by atoms with Crippen LogP contribution in [0.5, 0.6) is 0 Å². The first-order chi connectivity index (χ1) is 10.4. The number of pyridine rings is 1. The standard InChI is InChI=1S/C15H19F3N4/c1-21-7-4-11(5-8-21)20-13-3-2-6-22-12(9-15(16,17)18)10-19-14(13)22/h2-3,6,10-11,20H,4-5,7-9H2,1H3. The zero-order valence-corrected chi connectivity index (χ0v) is 12.4. The van der Waals surface area contributed by atoms with Crippen molar-refractivity contribution in [2.75, 3.05) is 25.5 Å². The molecule has 0 saturated carbocycles. The van der Waals surface area contributed by atoms with Crippen molar-refractivity contribution >= 4 is 11.3 Å². The van der Waals surface area contributed by atoms with Gasteiger partial charge in [-0.15, -0.1) is 0 Å². The van der Waals surface area contributed by atoms with E-state index in [0.717, 1.165) is 31.6 Å². The van der Waals surface area contributed by atoms with Gasteiger partial charge in [0.05, 0.1) is 17.8 Å². The van der Waals surface area contributed by atoms with Crippen LogP contribution in [0.25, 0.3) is 5.65 Å². The summed E-state index contributed by atoms with van der Waals surface area (Å²) in [7, 11) is 2.09. The lowest BCUT2D eigenvalue weighted by molar-refractivity contribution is -0.127. The maximum absolute atomic E-state index is 12.6. The highest BCUT2D eigenvalue weighted by atomic mass is 19.4. The third-order valence-corrected chi connectivity index (χ3v) is 4.07. The molecule has 4 nitrogen and oxygen atoms in total. The maximum Gasteiger partial charge on any atom is 0.394 e. The maximum atomic E-state index is 12.6. The molecule has 3 heterocycles. The predicted octanol–water partition coefficient (Wildman–Crippen LogP) is 2.95. The quantitative estimate of drug-likeness (QED) is 0.946. The monoisotopic (exact) mass is 312 g/mol. The summed E-state index contributed by atoms with van der Waals surface area (Å²) >= 11 is 0. The van der Waals surface area contributed by atoms with Gasteiger partial charge in [-0.25, -0.2) is 4.98 Å². The Kier molecular flexibility index (Phi) is 3.99. The summed E-state index contributed by atoms with van der Waals surface area (Å²) in [5.74, 6) is 0. The van der Waals surface area contributed by atoms with Gasteiger partial charge in [0.1, 0.15) is 0 Å². The van der Waals surface area contributed by atoms with Crippen LogP contribution < -0.4 is 5.32 Å². The van der Waals surface area contributed by atoms with Gasteiger partial charge in [-0.1, -0.05) is 0 Å². The number of anilines is 1. The molecule has 3 rings (SSSR count). The highest BCUT2D eigenvalue weighted by Gasteiger charge is 2.29. The van der Waals surface area contributed by atoms with Gasteiger partial charge >= 0.3 is 6.18 Å². The molecule has 1 N–H and O–H groups in total. The van der Waals surface area contributed by atoms with Crippen LogP contribution in [0.1, 0.15) is 18.5 Å². The Morgan fingerprint density at radius 3 is 2.73 bits per heavy atom. The smallest absolute Gasteiger partial charge is 0.379 e. The lowest BCUT2D eigenvalue weighted by Crippen LogP contribution is -2.36. The van der Waals surface area contributed by atoms with Crippen molar-refractivity contribution in [3.63, 3.8) is 0 Å². The number of hydrogen-bond acceptors (Lipinski definition) is 3. The average Bonchev–Trinajstić information content (AvgIpc) is 2.84. The van der Waals surface area contributed by atoms with Gasteiger partial charge in [0, 0.05) is 18.4 Å². The third kappa shape index (κ3) is 3.35. The van der Waals surface area contributed by atoms with Crippen molar-refractivity contribution in [3.8, 4) is 0 Å². The van der Waals surface area contributed by atoms with Gasteiger partial charge in [-0.2, -0.15) is 13.2 Å². The van der Waals surface area contributed by atoms with Crippen LogP contribution in [-0.2, 0) is 6.42 Å². The lowest BCUT2D eigenvalue weighted by atomic mass is 10.1. The van der Waals surface area contributed by atoms with Crippen LogP contribution in [0.4, 0.5) is 18.9 Å². The summed E-state index contributed by atoms with van der Waals surface area (Å²) in [6.07, 6.45) is -0.216. The second-order valence-corrected chi connectivity index (χ2v) is 5.88. The van der Waals surface area contributed by atoms with Crippen molar-refractivity contribution in [2.45, 2.75) is 31.5 Å². The molecule has 22 heavy (non-hydrogen) atoms. The number of nitrogens with zero attached hydrogens (tertiary/aromatic N) is 3. The normalized spacial score (nSPS) is 18.0. The van der Waals surface area contributed by atoms with Crippen molar-refractivity contribution in [2.24, 2.45) is 0 Å². The first-order valence-corrected chi connectivity index (χ1v) is 7.39. The average molecular weight is 312 g/mol. The molecule has 1 fully saturated rings. The molecule has 1 aliphatic heterocycles. The van der Waals surface area contributed by atoms with E-state index in [-0.39, 0.29) is 5.69 Å². The minimum absolute atomic E-state index is 0.162. The third-order valence-electron chi connectivity index (χ3n) is 4.07. The minimum Gasteiger partial charge on any atom is -0.379 e. The molecule has 0 radical (unpaired) electrons. The Hall–Kier alpha value is -1.76. The Bertz CT molecular complexity index is 642. The molecule has 1 aliphatic rings. The molecule has 0 amide bonds. The second-order valence-electron chi connectivity index (χ2n) is 5.88. The Labute approximate surface area is 126 Å². The van der Waals surface area contributed by atoms with E-state index >= 15 is 0 Å². The summed E-state index contributed by atoms with van der Waals surface area (Å²) in [6.45, 7) is 2.04. The van der Waals surface area contributed by atoms with Crippen molar-refractivity contribution < 1.29 is 13.2 Å². The lowest BCUT2D eigenvalue weighted by Gasteiger charge is -2.30. The van der Waals surface area contributed by atoms with Crippen molar-refractivity contribution in [3.05, 3.63) is 30.2 Å². The first-order valence-electron chi connectivity index (χ1n) is 7.39. The number of imidazole rings is 1. The number of alkyl halides is 3.